The van der Waals surface area contributed by atoms with Crippen LogP contribution in [0.3, 0.4) is 0 Å². The van der Waals surface area contributed by atoms with Crippen molar-refractivity contribution in [3.63, 3.8) is 0 Å². The van der Waals surface area contributed by atoms with E-state index >= 15 is 0 Å². The molecule has 0 aromatic rings. The van der Waals surface area contributed by atoms with Gasteiger partial charge in [0.05, 0.1) is 0 Å². The number of halogens is 6. The second kappa shape index (κ2) is 63.1. The first kappa shape index (κ1) is 54.9. The SMILES string of the molecule is C.Cl.Cl.Cl.Cl.[Br][Ti][Br].[Zn]. The van der Waals surface area contributed by atoms with Crippen LogP contribution in [0.4, 0.5) is 0 Å². The Labute approximate surface area is 116 Å². The molecule has 0 rings (SSSR count). The molecule has 0 saturated carbocycles. The summed E-state index contributed by atoms with van der Waals surface area (Å²) in [4.78, 5) is 0. The van der Waals surface area contributed by atoms with Gasteiger partial charge < -0.3 is 0 Å². The van der Waals surface area contributed by atoms with Gasteiger partial charge in [0.25, 0.3) is 0 Å². The van der Waals surface area contributed by atoms with Gasteiger partial charge in [-0.15, -0.1) is 49.6 Å². The predicted octanol–water partition coefficient (Wildman–Crippen LogP) is 4.01. The number of hydrogen-bond acceptors (Lipinski definition) is 0. The first-order valence-corrected chi connectivity index (χ1v) is 8.10. The van der Waals surface area contributed by atoms with Gasteiger partial charge in [0.15, 0.2) is 0 Å². The van der Waals surface area contributed by atoms with Crippen molar-refractivity contribution >= 4 is 76.0 Å². The molecule has 0 saturated heterocycles. The Bertz CT molecular complexity index is 18.5. The Hall–Kier alpha value is 3.46. The standard InChI is InChI=1S/CH4.2BrH.4ClH.Ti.Zn/h1H4;6*1H;;/q;;;;;;;+2;/p-2. The van der Waals surface area contributed by atoms with Crippen LogP contribution in [0.25, 0.3) is 0 Å². The minimum atomic E-state index is 0. The maximum atomic E-state index is 3.19. The van der Waals surface area contributed by atoms with E-state index in [9.17, 15) is 0 Å². The Morgan fingerprint density at radius 3 is 0.778 bits per heavy atom. The van der Waals surface area contributed by atoms with Crippen LogP contribution < -0.4 is 0 Å². The van der Waals surface area contributed by atoms with Crippen LogP contribution in [0.5, 0.6) is 0 Å². The van der Waals surface area contributed by atoms with E-state index in [1.165, 1.54) is 0 Å². The van der Waals surface area contributed by atoms with E-state index in [1.807, 2.05) is 0 Å². The van der Waals surface area contributed by atoms with Crippen molar-refractivity contribution in [1.29, 1.82) is 0 Å². The molecule has 0 aliphatic heterocycles. The second-order valence-corrected chi connectivity index (χ2v) is 7.95. The molecule has 0 nitrogen and oxygen atoms in total. The van der Waals surface area contributed by atoms with Gasteiger partial charge in [0.2, 0.25) is 0 Å². The second-order valence-electron chi connectivity index (χ2n) is 0.0714. The molecule has 0 aromatic carbocycles. The van der Waals surface area contributed by atoms with Gasteiger partial charge in [-0.1, -0.05) is 7.43 Å². The van der Waals surface area contributed by atoms with Gasteiger partial charge in [-0.3, -0.25) is 0 Å². The zero-order chi connectivity index (χ0) is 2.71. The van der Waals surface area contributed by atoms with Gasteiger partial charge in [-0.25, -0.2) is 0 Å². The summed E-state index contributed by atoms with van der Waals surface area (Å²) in [6.45, 7) is 0. The maximum Gasteiger partial charge on any atom is 0 e. The molecule has 0 aliphatic rings. The Kier molecular flexibility index (Phi) is 385. The van der Waals surface area contributed by atoms with E-state index in [-0.39, 0.29) is 91.5 Å². The molecule has 0 aliphatic carbocycles. The van der Waals surface area contributed by atoms with Crippen molar-refractivity contribution in [1.82, 2.24) is 0 Å². The fraction of sp³-hybridized carbons (Fsp3) is 1.00. The molecule has 0 amide bonds. The summed E-state index contributed by atoms with van der Waals surface area (Å²) in [6.07, 6.45) is 0. The first-order chi connectivity index (χ1) is 1.41. The van der Waals surface area contributed by atoms with E-state index in [0.29, 0.717) is 0 Å². The van der Waals surface area contributed by atoms with Crippen molar-refractivity contribution in [2.75, 3.05) is 0 Å². The average molecular weight is 435 g/mol. The minimum Gasteiger partial charge on any atom is 0 e. The quantitative estimate of drug-likeness (QED) is 0.505. The normalized spacial score (nSPS) is 1.56. The molecular weight excluding hydrogens is 427 g/mol. The van der Waals surface area contributed by atoms with E-state index in [2.05, 4.69) is 26.3 Å². The molecule has 0 N–H and O–H groups in total. The molecule has 0 unspecified atom stereocenters. The van der Waals surface area contributed by atoms with Crippen LogP contribution in [0.2, 0.25) is 0 Å². The molecule has 0 spiro atoms. The third-order valence-electron chi connectivity index (χ3n) is 0. The molecule has 8 heteroatoms. The molecule has 0 radical (unpaired) electrons. The van der Waals surface area contributed by atoms with Crippen LogP contribution in [0, 0.1) is 0 Å². The average Bonchev–Trinajstić information content (AvgIpc) is 0.918. The largest absolute Gasteiger partial charge is 0 e. The molecular formula is CH8Br2Cl4TiZn. The van der Waals surface area contributed by atoms with Crippen LogP contribution in [-0.2, 0) is 34.4 Å². The fourth-order valence-corrected chi connectivity index (χ4v) is 0. The van der Waals surface area contributed by atoms with Crippen molar-refractivity contribution < 1.29 is 34.4 Å². The summed E-state index contributed by atoms with van der Waals surface area (Å²) < 4.78 is 0. The monoisotopic (exact) mass is 430 g/mol. The van der Waals surface area contributed by atoms with Gasteiger partial charge in [0, 0.05) is 19.5 Å². The van der Waals surface area contributed by atoms with Gasteiger partial charge in [-0.2, -0.15) is 0 Å². The molecule has 9 heavy (non-hydrogen) atoms. The Morgan fingerprint density at radius 2 is 0.778 bits per heavy atom. The van der Waals surface area contributed by atoms with Gasteiger partial charge in [0.1, 0.15) is 0 Å². The molecule has 0 atom stereocenters. The summed E-state index contributed by atoms with van der Waals surface area (Å²) >= 11 is 6.50. The third-order valence-corrected chi connectivity index (χ3v) is 0. The van der Waals surface area contributed by atoms with E-state index in [4.69, 9.17) is 0 Å². The summed E-state index contributed by atoms with van der Waals surface area (Å²) in [7, 11) is 0. The van der Waals surface area contributed by atoms with Crippen LogP contribution in [0.1, 0.15) is 7.43 Å². The topological polar surface area (TPSA) is 0 Å². The van der Waals surface area contributed by atoms with E-state index in [1.54, 1.807) is 0 Å². The molecule has 60 valence electrons. The summed E-state index contributed by atoms with van der Waals surface area (Å²) in [6, 6.07) is 0. The van der Waals surface area contributed by atoms with Crippen LogP contribution >= 0.6 is 76.0 Å². The summed E-state index contributed by atoms with van der Waals surface area (Å²) in [5.74, 6) is 0. The van der Waals surface area contributed by atoms with E-state index in [0.717, 1.165) is 0 Å². The van der Waals surface area contributed by atoms with Gasteiger partial charge in [-0.05, 0) is 0 Å². The fourth-order valence-electron chi connectivity index (χ4n) is 0. The maximum absolute atomic E-state index is 3.19. The molecule has 0 fully saturated rings. The smallest absolute Gasteiger partial charge is 0 e. The summed E-state index contributed by atoms with van der Waals surface area (Å²) in [5.41, 5.74) is 0. The number of hydrogen-bond donors (Lipinski definition) is 0. The number of rotatable bonds is 0. The third kappa shape index (κ3) is 85.7. The molecule has 0 aromatic heterocycles. The predicted molar refractivity (Wildman–Crippen MR) is 53.6 cm³/mol. The zero-order valence-corrected chi connectivity index (χ0v) is 14.6. The first-order valence-electron chi connectivity index (χ1n) is 0.378. The van der Waals surface area contributed by atoms with Crippen molar-refractivity contribution in [2.45, 2.75) is 7.43 Å². The van der Waals surface area contributed by atoms with Crippen molar-refractivity contribution in [3.8, 4) is 0 Å². The van der Waals surface area contributed by atoms with Crippen molar-refractivity contribution in [2.24, 2.45) is 0 Å². The zero-order valence-electron chi connectivity index (χ0n) is 3.60. The molecule has 0 heterocycles. The van der Waals surface area contributed by atoms with Crippen LogP contribution in [-0.4, -0.2) is 0 Å². The Balaban J connectivity index is -0.00000000133. The van der Waals surface area contributed by atoms with Crippen molar-refractivity contribution in [3.05, 3.63) is 0 Å². The Morgan fingerprint density at radius 1 is 0.778 bits per heavy atom. The van der Waals surface area contributed by atoms with Crippen LogP contribution in [0.15, 0.2) is 0 Å². The molecule has 0 bridgehead atoms. The minimum absolute atomic E-state index is 0. The summed E-state index contributed by atoms with van der Waals surface area (Å²) in [5, 5.41) is 0. The van der Waals surface area contributed by atoms with E-state index < -0.39 is 0 Å². The van der Waals surface area contributed by atoms with Gasteiger partial charge >= 0.3 is 41.3 Å².